The summed E-state index contributed by atoms with van der Waals surface area (Å²) in [5.74, 6) is -0.196. The van der Waals surface area contributed by atoms with E-state index < -0.39 is 16.0 Å². The first kappa shape index (κ1) is 19.9. The lowest BCUT2D eigenvalue weighted by Gasteiger charge is -2.29. The molecule has 0 radical (unpaired) electrons. The first-order valence-electron chi connectivity index (χ1n) is 8.74. The van der Waals surface area contributed by atoms with Crippen molar-refractivity contribution in [3.8, 4) is 5.75 Å². The molecule has 0 saturated heterocycles. The van der Waals surface area contributed by atoms with Crippen LogP contribution in [0.3, 0.4) is 0 Å². The number of fused-ring (bicyclic) bond motifs is 1. The molecule has 0 saturated carbocycles. The van der Waals surface area contributed by atoms with Gasteiger partial charge in [-0.2, -0.15) is 0 Å². The molecule has 3 rings (SSSR count). The lowest BCUT2D eigenvalue weighted by molar-refractivity contribution is 0.0600. The number of aryl methyl sites for hydroxylation is 1. The Hall–Kier alpha value is -2.87. The summed E-state index contributed by atoms with van der Waals surface area (Å²) >= 11 is 0. The van der Waals surface area contributed by atoms with Crippen molar-refractivity contribution in [2.75, 3.05) is 30.8 Å². The highest BCUT2D eigenvalue weighted by atomic mass is 32.2. The van der Waals surface area contributed by atoms with E-state index in [9.17, 15) is 18.0 Å². The number of carbonyl (C=O) groups is 2. The van der Waals surface area contributed by atoms with Crippen molar-refractivity contribution in [3.05, 3.63) is 59.2 Å². The van der Waals surface area contributed by atoms with E-state index in [0.717, 1.165) is 12.0 Å². The molecule has 28 heavy (non-hydrogen) atoms. The van der Waals surface area contributed by atoms with Crippen molar-refractivity contribution in [2.24, 2.45) is 0 Å². The van der Waals surface area contributed by atoms with E-state index in [1.54, 1.807) is 42.5 Å². The van der Waals surface area contributed by atoms with Crippen LogP contribution in [0.25, 0.3) is 0 Å². The van der Waals surface area contributed by atoms with Gasteiger partial charge in [0.2, 0.25) is 10.0 Å². The number of hydrogen-bond acceptors (Lipinski definition) is 6. The molecule has 1 aliphatic rings. The van der Waals surface area contributed by atoms with Crippen LogP contribution in [-0.4, -0.2) is 46.7 Å². The molecule has 1 aliphatic heterocycles. The summed E-state index contributed by atoms with van der Waals surface area (Å²) in [6.07, 6.45) is 2.61. The van der Waals surface area contributed by atoms with Gasteiger partial charge in [-0.15, -0.1) is 0 Å². The van der Waals surface area contributed by atoms with Gasteiger partial charge < -0.3 is 9.47 Å². The first-order valence-corrected chi connectivity index (χ1v) is 10.6. The fraction of sp³-hybridized carbons (Fsp3) is 0.300. The molecule has 148 valence electrons. The van der Waals surface area contributed by atoms with Crippen LogP contribution in [0.5, 0.6) is 5.75 Å². The number of benzene rings is 2. The first-order chi connectivity index (χ1) is 13.3. The summed E-state index contributed by atoms with van der Waals surface area (Å²) in [6.45, 7) is 0.288. The molecule has 0 aliphatic carbocycles. The third-order valence-corrected chi connectivity index (χ3v) is 5.70. The maximum absolute atomic E-state index is 12.5. The van der Waals surface area contributed by atoms with Crippen molar-refractivity contribution in [3.63, 3.8) is 0 Å². The predicted molar refractivity (Wildman–Crippen MR) is 105 cm³/mol. The monoisotopic (exact) mass is 403 g/mol. The van der Waals surface area contributed by atoms with Crippen LogP contribution in [0, 0.1) is 0 Å². The van der Waals surface area contributed by atoms with Crippen molar-refractivity contribution >= 4 is 27.5 Å². The number of ketones is 1. The molecule has 0 fully saturated rings. The highest BCUT2D eigenvalue weighted by molar-refractivity contribution is 7.92. The van der Waals surface area contributed by atoms with Crippen molar-refractivity contribution in [1.29, 1.82) is 0 Å². The zero-order chi connectivity index (χ0) is 20.3. The highest BCUT2D eigenvalue weighted by Crippen LogP contribution is 2.30. The third kappa shape index (κ3) is 4.33. The van der Waals surface area contributed by atoms with Gasteiger partial charge in [-0.1, -0.05) is 0 Å². The highest BCUT2D eigenvalue weighted by Gasteiger charge is 2.24. The number of anilines is 1. The van der Waals surface area contributed by atoms with Gasteiger partial charge in [-0.25, -0.2) is 13.2 Å². The second-order valence-corrected chi connectivity index (χ2v) is 8.42. The maximum Gasteiger partial charge on any atom is 0.337 e. The number of nitrogens with zero attached hydrogens (tertiary/aromatic N) is 1. The van der Waals surface area contributed by atoms with Crippen molar-refractivity contribution in [2.45, 2.75) is 12.8 Å². The lowest BCUT2D eigenvalue weighted by atomic mass is 9.99. The zero-order valence-electron chi connectivity index (χ0n) is 15.7. The van der Waals surface area contributed by atoms with Crippen molar-refractivity contribution < 1.29 is 27.5 Å². The van der Waals surface area contributed by atoms with Gasteiger partial charge in [-0.05, 0) is 60.9 Å². The van der Waals surface area contributed by atoms with E-state index in [-0.39, 0.29) is 12.4 Å². The molecule has 7 nitrogen and oxygen atoms in total. The van der Waals surface area contributed by atoms with Crippen LogP contribution in [0.4, 0.5) is 5.69 Å². The Balaban J connectivity index is 1.69. The molecule has 2 aromatic rings. The van der Waals surface area contributed by atoms with E-state index in [0.29, 0.717) is 35.5 Å². The van der Waals surface area contributed by atoms with Crippen LogP contribution in [0.1, 0.15) is 32.7 Å². The topological polar surface area (TPSA) is 90.0 Å². The molecule has 8 heteroatoms. The van der Waals surface area contributed by atoms with Gasteiger partial charge >= 0.3 is 5.97 Å². The fourth-order valence-corrected chi connectivity index (χ4v) is 4.11. The number of rotatable bonds is 6. The third-order valence-electron chi connectivity index (χ3n) is 4.52. The number of ether oxygens (including phenoxy) is 2. The average Bonchev–Trinajstić information content (AvgIpc) is 2.70. The van der Waals surface area contributed by atoms with Crippen LogP contribution < -0.4 is 9.04 Å². The summed E-state index contributed by atoms with van der Waals surface area (Å²) in [6, 6.07) is 11.3. The number of sulfonamides is 1. The Morgan fingerprint density at radius 3 is 2.39 bits per heavy atom. The molecular weight excluding hydrogens is 382 g/mol. The smallest absolute Gasteiger partial charge is 0.337 e. The minimum atomic E-state index is -3.34. The average molecular weight is 403 g/mol. The van der Waals surface area contributed by atoms with Gasteiger partial charge in [-0.3, -0.25) is 9.10 Å². The van der Waals surface area contributed by atoms with Crippen LogP contribution >= 0.6 is 0 Å². The minimum Gasteiger partial charge on any atom is -0.485 e. The summed E-state index contributed by atoms with van der Waals surface area (Å²) in [4.78, 5) is 23.9. The van der Waals surface area contributed by atoms with Crippen LogP contribution in [-0.2, 0) is 21.2 Å². The number of carbonyl (C=O) groups excluding carboxylic acids is 2. The minimum absolute atomic E-state index is 0.161. The number of hydrogen-bond donors (Lipinski definition) is 0. The van der Waals surface area contributed by atoms with Gasteiger partial charge in [0.15, 0.2) is 12.4 Å². The van der Waals surface area contributed by atoms with E-state index >= 15 is 0 Å². The molecule has 0 aromatic heterocycles. The molecule has 0 spiro atoms. The second kappa shape index (κ2) is 8.02. The molecule has 0 atom stereocenters. The molecule has 0 amide bonds. The largest absolute Gasteiger partial charge is 0.485 e. The van der Waals surface area contributed by atoms with Crippen LogP contribution in [0.15, 0.2) is 42.5 Å². The van der Waals surface area contributed by atoms with Gasteiger partial charge in [0, 0.05) is 12.1 Å². The second-order valence-electron chi connectivity index (χ2n) is 6.51. The maximum atomic E-state index is 12.5. The van der Waals surface area contributed by atoms with Gasteiger partial charge in [0.25, 0.3) is 0 Å². The Morgan fingerprint density at radius 1 is 1.07 bits per heavy atom. The summed E-state index contributed by atoms with van der Waals surface area (Å²) in [5.41, 5.74) is 2.33. The molecule has 1 heterocycles. The predicted octanol–water partition coefficient (Wildman–Crippen LogP) is 2.45. The Bertz CT molecular complexity index is 998. The SMILES string of the molecule is COC(=O)c1ccc(OCC(=O)c2ccc3c(c2)CCCN3S(C)(=O)=O)cc1. The summed E-state index contributed by atoms with van der Waals surface area (Å²) < 4.78 is 35.4. The molecular formula is C20H21NO6S. The van der Waals surface area contributed by atoms with E-state index in [1.807, 2.05) is 0 Å². The number of methoxy groups -OCH3 is 1. The summed E-state index contributed by atoms with van der Waals surface area (Å²) in [7, 11) is -2.03. The quantitative estimate of drug-likeness (QED) is 0.544. The normalized spacial score (nSPS) is 13.6. The molecule has 0 N–H and O–H groups in total. The molecule has 2 aromatic carbocycles. The zero-order valence-corrected chi connectivity index (χ0v) is 16.5. The summed E-state index contributed by atoms with van der Waals surface area (Å²) in [5, 5.41) is 0. The van der Waals surface area contributed by atoms with Gasteiger partial charge in [0.05, 0.1) is 24.6 Å². The van der Waals surface area contributed by atoms with Gasteiger partial charge in [0.1, 0.15) is 5.75 Å². The molecule has 0 bridgehead atoms. The van der Waals surface area contributed by atoms with E-state index in [1.165, 1.54) is 17.7 Å². The van der Waals surface area contributed by atoms with Crippen LogP contribution in [0.2, 0.25) is 0 Å². The van der Waals surface area contributed by atoms with E-state index in [2.05, 4.69) is 4.74 Å². The number of Topliss-reactive ketones (excluding diaryl/α,β-unsaturated/α-hetero) is 1. The van der Waals surface area contributed by atoms with E-state index in [4.69, 9.17) is 4.74 Å². The molecule has 0 unspecified atom stereocenters. The number of esters is 1. The Morgan fingerprint density at radius 2 is 1.75 bits per heavy atom. The van der Waals surface area contributed by atoms with Crippen molar-refractivity contribution in [1.82, 2.24) is 0 Å². The lowest BCUT2D eigenvalue weighted by Crippen LogP contribution is -2.34. The Kier molecular flexibility index (Phi) is 5.69. The fourth-order valence-electron chi connectivity index (χ4n) is 3.12. The Labute approximate surface area is 163 Å². The standard InChI is InChI=1S/C20H21NO6S/c1-26-20(23)14-5-8-17(9-6-14)27-13-19(22)16-7-10-18-15(12-16)4-3-11-21(18)28(2,24)25/h5-10,12H,3-4,11,13H2,1-2H3.